The molecule has 1 aliphatic carbocycles. The highest BCUT2D eigenvalue weighted by Gasteiger charge is 2.27. The second-order valence-corrected chi connectivity index (χ2v) is 7.64. The van der Waals surface area contributed by atoms with Crippen LogP contribution in [0.4, 0.5) is 5.82 Å². The third kappa shape index (κ3) is 3.56. The lowest BCUT2D eigenvalue weighted by atomic mass is 9.87. The maximum atomic E-state index is 4.43. The first-order chi connectivity index (χ1) is 12.3. The van der Waals surface area contributed by atoms with Gasteiger partial charge in [-0.25, -0.2) is 4.99 Å². The summed E-state index contributed by atoms with van der Waals surface area (Å²) in [6.45, 7) is 7.53. The van der Waals surface area contributed by atoms with Gasteiger partial charge in [0, 0.05) is 24.2 Å². The zero-order valence-electron chi connectivity index (χ0n) is 15.0. The molecular formula is C20H29N5. The molecule has 2 N–H and O–H groups in total. The van der Waals surface area contributed by atoms with Crippen molar-refractivity contribution in [1.29, 1.82) is 0 Å². The van der Waals surface area contributed by atoms with E-state index in [0.717, 1.165) is 28.7 Å². The SMILES string of the molecule is C=N/C(=C1\NC=Nc2[nH]ccc21)C1CCN(CC2CCCCC2)CC1. The molecule has 2 fully saturated rings. The summed E-state index contributed by atoms with van der Waals surface area (Å²) in [7, 11) is 0. The number of hydrogen-bond donors (Lipinski definition) is 2. The number of aliphatic imine (C=N–C) groups is 2. The third-order valence-electron chi connectivity index (χ3n) is 6.04. The van der Waals surface area contributed by atoms with Crippen LogP contribution in [-0.2, 0) is 0 Å². The van der Waals surface area contributed by atoms with Crippen molar-refractivity contribution < 1.29 is 0 Å². The quantitative estimate of drug-likeness (QED) is 0.816. The van der Waals surface area contributed by atoms with E-state index in [9.17, 15) is 0 Å². The highest BCUT2D eigenvalue weighted by atomic mass is 15.1. The van der Waals surface area contributed by atoms with Crippen molar-refractivity contribution in [3.63, 3.8) is 0 Å². The van der Waals surface area contributed by atoms with E-state index in [0.29, 0.717) is 5.92 Å². The van der Waals surface area contributed by atoms with Crippen LogP contribution in [-0.4, -0.2) is 42.6 Å². The minimum Gasteiger partial charge on any atom is -0.346 e. The van der Waals surface area contributed by atoms with Gasteiger partial charge < -0.3 is 15.2 Å². The Morgan fingerprint density at radius 3 is 2.76 bits per heavy atom. The van der Waals surface area contributed by atoms with Crippen LogP contribution >= 0.6 is 0 Å². The highest BCUT2D eigenvalue weighted by molar-refractivity contribution is 5.87. The minimum atomic E-state index is 0.483. The van der Waals surface area contributed by atoms with E-state index in [-0.39, 0.29) is 0 Å². The Labute approximate surface area is 150 Å². The summed E-state index contributed by atoms with van der Waals surface area (Å²) < 4.78 is 0. The van der Waals surface area contributed by atoms with Crippen LogP contribution in [0.15, 0.2) is 27.9 Å². The van der Waals surface area contributed by atoms with Gasteiger partial charge in [-0.2, -0.15) is 0 Å². The molecule has 0 atom stereocenters. The summed E-state index contributed by atoms with van der Waals surface area (Å²) in [5, 5.41) is 3.31. The molecule has 0 radical (unpaired) electrons. The lowest BCUT2D eigenvalue weighted by Crippen LogP contribution is -2.38. The molecule has 1 saturated carbocycles. The van der Waals surface area contributed by atoms with Gasteiger partial charge in [0.1, 0.15) is 5.82 Å². The van der Waals surface area contributed by atoms with Crippen LogP contribution in [0.25, 0.3) is 5.70 Å². The van der Waals surface area contributed by atoms with E-state index < -0.39 is 0 Å². The summed E-state index contributed by atoms with van der Waals surface area (Å²) in [6, 6.07) is 2.07. The van der Waals surface area contributed by atoms with Crippen LogP contribution in [0.3, 0.4) is 0 Å². The Hall–Kier alpha value is -1.88. The number of allylic oxidation sites excluding steroid dienone is 1. The van der Waals surface area contributed by atoms with Crippen molar-refractivity contribution in [3.05, 3.63) is 23.5 Å². The number of H-pyrrole nitrogens is 1. The van der Waals surface area contributed by atoms with E-state index in [1.165, 1.54) is 64.6 Å². The topological polar surface area (TPSA) is 55.8 Å². The molecule has 1 aromatic heterocycles. The predicted molar refractivity (Wildman–Crippen MR) is 104 cm³/mol. The second kappa shape index (κ2) is 7.56. The number of piperidine rings is 1. The van der Waals surface area contributed by atoms with Crippen LogP contribution in [0, 0.1) is 11.8 Å². The second-order valence-electron chi connectivity index (χ2n) is 7.64. The largest absolute Gasteiger partial charge is 0.346 e. The number of likely N-dealkylation sites (tertiary alicyclic amines) is 1. The number of aromatic nitrogens is 1. The fourth-order valence-corrected chi connectivity index (χ4v) is 4.66. The zero-order chi connectivity index (χ0) is 17.1. The summed E-state index contributed by atoms with van der Waals surface area (Å²) >= 11 is 0. The Bertz CT molecular complexity index is 657. The molecule has 5 nitrogen and oxygen atoms in total. The van der Waals surface area contributed by atoms with E-state index in [4.69, 9.17) is 0 Å². The Balaban J connectivity index is 1.42. The Morgan fingerprint density at radius 2 is 2.00 bits per heavy atom. The lowest BCUT2D eigenvalue weighted by Gasteiger charge is -2.36. The summed E-state index contributed by atoms with van der Waals surface area (Å²) in [4.78, 5) is 14.6. The zero-order valence-corrected chi connectivity index (χ0v) is 15.0. The average Bonchev–Trinajstić information content (AvgIpc) is 3.14. The highest BCUT2D eigenvalue weighted by Crippen LogP contribution is 2.35. The molecule has 0 unspecified atom stereocenters. The summed E-state index contributed by atoms with van der Waals surface area (Å²) in [5.41, 5.74) is 3.28. The molecule has 0 bridgehead atoms. The molecule has 1 saturated heterocycles. The van der Waals surface area contributed by atoms with Gasteiger partial charge in [0.25, 0.3) is 0 Å². The van der Waals surface area contributed by atoms with Crippen molar-refractivity contribution in [2.45, 2.75) is 44.9 Å². The van der Waals surface area contributed by atoms with Crippen molar-refractivity contribution in [1.82, 2.24) is 15.2 Å². The monoisotopic (exact) mass is 339 g/mol. The maximum Gasteiger partial charge on any atom is 0.141 e. The molecule has 2 aliphatic heterocycles. The molecule has 1 aromatic rings. The Morgan fingerprint density at radius 1 is 1.20 bits per heavy atom. The number of aromatic amines is 1. The molecule has 5 heteroatoms. The molecular weight excluding hydrogens is 310 g/mol. The molecule has 3 aliphatic rings. The molecule has 134 valence electrons. The third-order valence-corrected chi connectivity index (χ3v) is 6.04. The normalized spacial score (nSPS) is 24.6. The molecule has 4 rings (SSSR count). The first-order valence-electron chi connectivity index (χ1n) is 9.75. The summed E-state index contributed by atoms with van der Waals surface area (Å²) in [6.07, 6.45) is 13.2. The van der Waals surface area contributed by atoms with Gasteiger partial charge in [-0.1, -0.05) is 19.3 Å². The van der Waals surface area contributed by atoms with Crippen LogP contribution in [0.1, 0.15) is 50.5 Å². The van der Waals surface area contributed by atoms with Gasteiger partial charge in [0.05, 0.1) is 17.7 Å². The smallest absolute Gasteiger partial charge is 0.141 e. The molecule has 0 amide bonds. The van der Waals surface area contributed by atoms with E-state index in [1.807, 2.05) is 6.20 Å². The number of rotatable bonds is 4. The first kappa shape index (κ1) is 16.6. The van der Waals surface area contributed by atoms with Gasteiger partial charge in [-0.05, 0) is 57.5 Å². The van der Waals surface area contributed by atoms with Crippen LogP contribution in [0.2, 0.25) is 0 Å². The van der Waals surface area contributed by atoms with Gasteiger partial charge in [0.2, 0.25) is 0 Å². The van der Waals surface area contributed by atoms with Gasteiger partial charge in [-0.3, -0.25) is 4.99 Å². The van der Waals surface area contributed by atoms with Crippen molar-refractivity contribution in [2.75, 3.05) is 19.6 Å². The number of hydrogen-bond acceptors (Lipinski definition) is 4. The van der Waals surface area contributed by atoms with Crippen molar-refractivity contribution in [3.8, 4) is 0 Å². The number of fused-ring (bicyclic) bond motifs is 1. The summed E-state index contributed by atoms with van der Waals surface area (Å²) in [5.74, 6) is 2.32. The maximum absolute atomic E-state index is 4.43. The van der Waals surface area contributed by atoms with Crippen molar-refractivity contribution in [2.24, 2.45) is 21.8 Å². The average molecular weight is 339 g/mol. The van der Waals surface area contributed by atoms with Gasteiger partial charge >= 0.3 is 0 Å². The molecule has 25 heavy (non-hydrogen) atoms. The van der Waals surface area contributed by atoms with E-state index >= 15 is 0 Å². The minimum absolute atomic E-state index is 0.483. The van der Waals surface area contributed by atoms with Crippen molar-refractivity contribution >= 4 is 24.6 Å². The number of nitrogens with zero attached hydrogens (tertiary/aromatic N) is 3. The van der Waals surface area contributed by atoms with Crippen LogP contribution in [0.5, 0.6) is 0 Å². The first-order valence-corrected chi connectivity index (χ1v) is 9.75. The Kier molecular flexibility index (Phi) is 5.02. The molecule has 0 spiro atoms. The van der Waals surface area contributed by atoms with E-state index in [2.05, 4.69) is 38.0 Å². The standard InChI is InChI=1S/C20H29N5/c1-21-18(19-17-7-10-22-20(17)24-14-23-19)16-8-11-25(12-9-16)13-15-5-3-2-4-6-15/h7,10,14-16,22H,1-6,8-9,11-13H2,(H,23,24)/b19-18-. The predicted octanol–water partition coefficient (Wildman–Crippen LogP) is 3.94. The van der Waals surface area contributed by atoms with E-state index in [1.54, 1.807) is 6.34 Å². The van der Waals surface area contributed by atoms with Crippen LogP contribution < -0.4 is 5.32 Å². The number of nitrogens with one attached hydrogen (secondary N) is 2. The van der Waals surface area contributed by atoms with Gasteiger partial charge in [-0.15, -0.1) is 0 Å². The fourth-order valence-electron chi connectivity index (χ4n) is 4.66. The molecule has 3 heterocycles. The fraction of sp³-hybridized carbons (Fsp3) is 0.600. The van der Waals surface area contributed by atoms with Gasteiger partial charge in [0.15, 0.2) is 0 Å². The molecule has 0 aromatic carbocycles. The lowest BCUT2D eigenvalue weighted by molar-refractivity contribution is 0.155.